The van der Waals surface area contributed by atoms with E-state index in [-0.39, 0.29) is 31.2 Å². The fraction of sp³-hybridized carbons (Fsp3) is 0.667. The first-order chi connectivity index (χ1) is 17.0. The highest BCUT2D eigenvalue weighted by molar-refractivity contribution is 6.12. The molecule has 1 heterocycles. The SMILES string of the molecule is [2H]C(=O)[C@@H](C)NC(=O)[C@H](CCCCN)CC(=O)[C@@H](NC(=O)CCCCCN1C(=O)C=CC1=O)[C@@H](C)O. The summed E-state index contributed by atoms with van der Waals surface area (Å²) in [6, 6.07) is -2.22. The number of Topliss-reactive ketones (excluding diaryl/α,β-unsaturated/α-hetero) is 1. The van der Waals surface area contributed by atoms with Crippen molar-refractivity contribution < 1.29 is 35.2 Å². The standard InChI is InChI=1S/C24H38N4O7/c1-16(15-29)26-24(35)18(8-5-6-12-25)14-19(31)23(17(2)30)27-20(32)9-4-3-7-13-28-21(33)10-11-22(28)34/h10-11,15-18,23,30H,3-9,12-14,25H2,1-2H3,(H,26,35)(H,27,32)/t16-,17-,18-,23+/m1/s1/i15D. The van der Waals surface area contributed by atoms with Crippen molar-refractivity contribution in [2.24, 2.45) is 11.7 Å². The summed E-state index contributed by atoms with van der Waals surface area (Å²) >= 11 is 0. The Bertz CT molecular complexity index is 828. The third-order valence-corrected chi connectivity index (χ3v) is 5.69. The van der Waals surface area contributed by atoms with Gasteiger partial charge in [-0.05, 0) is 46.1 Å². The summed E-state index contributed by atoms with van der Waals surface area (Å²) in [5, 5.41) is 15.1. The minimum atomic E-state index is -1.21. The van der Waals surface area contributed by atoms with E-state index in [1.54, 1.807) is 0 Å². The Kier molecular flexibility index (Phi) is 12.8. The average molecular weight is 496 g/mol. The number of amides is 4. The molecule has 1 aliphatic heterocycles. The van der Waals surface area contributed by atoms with E-state index in [2.05, 4.69) is 10.6 Å². The topological polar surface area (TPSA) is 176 Å². The number of nitrogens with one attached hydrogen (secondary N) is 2. The summed E-state index contributed by atoms with van der Waals surface area (Å²) in [5.41, 5.74) is 5.51. The number of ketones is 1. The molecule has 0 spiro atoms. The van der Waals surface area contributed by atoms with Crippen LogP contribution in [0.15, 0.2) is 12.2 Å². The highest BCUT2D eigenvalue weighted by Gasteiger charge is 2.30. The summed E-state index contributed by atoms with van der Waals surface area (Å²) in [6.07, 6.45) is 3.21. The van der Waals surface area contributed by atoms with Gasteiger partial charge in [0, 0.05) is 37.5 Å². The van der Waals surface area contributed by atoms with Crippen LogP contribution in [0.5, 0.6) is 0 Å². The van der Waals surface area contributed by atoms with Gasteiger partial charge in [-0.3, -0.25) is 28.9 Å². The quantitative estimate of drug-likeness (QED) is 0.114. The van der Waals surface area contributed by atoms with Crippen molar-refractivity contribution in [3.8, 4) is 0 Å². The zero-order valence-corrected chi connectivity index (χ0v) is 20.5. The van der Waals surface area contributed by atoms with Crippen LogP contribution in [0.1, 0.15) is 66.6 Å². The van der Waals surface area contributed by atoms with E-state index in [9.17, 15) is 33.9 Å². The number of hydrogen-bond donors (Lipinski definition) is 4. The molecule has 0 unspecified atom stereocenters. The van der Waals surface area contributed by atoms with Crippen LogP contribution in [0.4, 0.5) is 0 Å². The van der Waals surface area contributed by atoms with Gasteiger partial charge in [-0.25, -0.2) is 0 Å². The second kappa shape index (κ2) is 15.9. The van der Waals surface area contributed by atoms with E-state index in [1.165, 1.54) is 26.0 Å². The Morgan fingerprint density at radius 3 is 2.31 bits per heavy atom. The predicted molar refractivity (Wildman–Crippen MR) is 128 cm³/mol. The van der Waals surface area contributed by atoms with Gasteiger partial charge < -0.3 is 26.3 Å². The van der Waals surface area contributed by atoms with Crippen molar-refractivity contribution >= 4 is 35.7 Å². The number of aldehydes is 1. The predicted octanol–water partition coefficient (Wildman–Crippen LogP) is -0.255. The van der Waals surface area contributed by atoms with Gasteiger partial charge in [0.25, 0.3) is 11.8 Å². The first-order valence-electron chi connectivity index (χ1n) is 12.5. The Hall–Kier alpha value is -2.92. The van der Waals surface area contributed by atoms with Gasteiger partial charge in [-0.2, -0.15) is 0 Å². The molecule has 11 nitrogen and oxygen atoms in total. The molecule has 0 fully saturated rings. The number of aliphatic hydroxyl groups excluding tert-OH is 1. The highest BCUT2D eigenvalue weighted by Crippen LogP contribution is 2.16. The van der Waals surface area contributed by atoms with Crippen LogP contribution in [0.25, 0.3) is 0 Å². The van der Waals surface area contributed by atoms with Gasteiger partial charge in [0.05, 0.1) is 12.1 Å². The van der Waals surface area contributed by atoms with Crippen LogP contribution in [0, 0.1) is 5.92 Å². The van der Waals surface area contributed by atoms with E-state index in [4.69, 9.17) is 7.10 Å². The molecule has 0 radical (unpaired) electrons. The molecule has 0 aromatic heterocycles. The lowest BCUT2D eigenvalue weighted by Gasteiger charge is -2.23. The van der Waals surface area contributed by atoms with Gasteiger partial charge >= 0.3 is 0 Å². The van der Waals surface area contributed by atoms with Crippen molar-refractivity contribution in [2.45, 2.75) is 83.4 Å². The third kappa shape index (κ3) is 10.9. The summed E-state index contributed by atoms with van der Waals surface area (Å²) in [5.74, 6) is -3.01. The van der Waals surface area contributed by atoms with E-state index in [1.807, 2.05) is 0 Å². The van der Waals surface area contributed by atoms with Gasteiger partial charge in [-0.1, -0.05) is 12.8 Å². The summed E-state index contributed by atoms with van der Waals surface area (Å²) in [7, 11) is 0. The first-order valence-corrected chi connectivity index (χ1v) is 12.0. The number of nitrogens with zero attached hydrogens (tertiary/aromatic N) is 1. The lowest BCUT2D eigenvalue weighted by molar-refractivity contribution is -0.137. The zero-order valence-electron chi connectivity index (χ0n) is 21.5. The van der Waals surface area contributed by atoms with Crippen LogP contribution in [0.2, 0.25) is 0 Å². The van der Waals surface area contributed by atoms with Gasteiger partial charge in [-0.15, -0.1) is 0 Å². The number of nitrogens with two attached hydrogens (primary N) is 1. The van der Waals surface area contributed by atoms with Gasteiger partial charge in [0.2, 0.25) is 11.8 Å². The summed E-state index contributed by atoms with van der Waals surface area (Å²) < 4.78 is 7.12. The van der Waals surface area contributed by atoms with E-state index in [0.717, 1.165) is 4.90 Å². The Labute approximate surface area is 207 Å². The number of hydrogen-bond acceptors (Lipinski definition) is 8. The largest absolute Gasteiger partial charge is 0.391 e. The molecule has 1 aliphatic rings. The second-order valence-electron chi connectivity index (χ2n) is 8.76. The minimum Gasteiger partial charge on any atom is -0.391 e. The number of aliphatic hydroxyl groups is 1. The van der Waals surface area contributed by atoms with Gasteiger partial charge in [0.1, 0.15) is 13.7 Å². The molecule has 0 saturated carbocycles. The molecule has 11 heteroatoms. The minimum absolute atomic E-state index is 0.0835. The maximum Gasteiger partial charge on any atom is 0.253 e. The Morgan fingerprint density at radius 1 is 1.09 bits per heavy atom. The van der Waals surface area contributed by atoms with Crippen LogP contribution in [-0.2, 0) is 28.8 Å². The van der Waals surface area contributed by atoms with Crippen LogP contribution < -0.4 is 16.4 Å². The fourth-order valence-corrected chi connectivity index (χ4v) is 3.69. The maximum atomic E-state index is 12.9. The van der Waals surface area contributed by atoms with Crippen LogP contribution in [0.3, 0.4) is 0 Å². The van der Waals surface area contributed by atoms with Crippen LogP contribution in [-0.4, -0.2) is 77.0 Å². The second-order valence-corrected chi connectivity index (χ2v) is 8.76. The molecule has 5 N–H and O–H groups in total. The maximum absolute atomic E-state index is 12.9. The molecule has 0 saturated heterocycles. The number of carbonyl (C=O) groups excluding carboxylic acids is 6. The molecule has 4 amide bonds. The highest BCUT2D eigenvalue weighted by atomic mass is 16.3. The van der Waals surface area contributed by atoms with Crippen LogP contribution >= 0.6 is 0 Å². The molecule has 0 bridgehead atoms. The number of imide groups is 1. The lowest BCUT2D eigenvalue weighted by Crippen LogP contribution is -2.49. The smallest absolute Gasteiger partial charge is 0.253 e. The van der Waals surface area contributed by atoms with Crippen molar-refractivity contribution in [3.05, 3.63) is 12.2 Å². The molecule has 0 aromatic rings. The lowest BCUT2D eigenvalue weighted by atomic mass is 9.91. The van der Waals surface area contributed by atoms with Crippen molar-refractivity contribution in [3.63, 3.8) is 0 Å². The monoisotopic (exact) mass is 495 g/mol. The Morgan fingerprint density at radius 2 is 1.74 bits per heavy atom. The molecule has 4 atom stereocenters. The van der Waals surface area contributed by atoms with Crippen molar-refractivity contribution in [2.75, 3.05) is 13.1 Å². The van der Waals surface area contributed by atoms with E-state index < -0.39 is 48.0 Å². The number of unbranched alkanes of at least 4 members (excludes halogenated alkanes) is 3. The molecule has 0 aliphatic carbocycles. The zero-order chi connectivity index (χ0) is 27.3. The molecular weight excluding hydrogens is 456 g/mol. The summed E-state index contributed by atoms with van der Waals surface area (Å²) in [6.45, 7) is 3.42. The molecule has 1 rings (SSSR count). The molecule has 35 heavy (non-hydrogen) atoms. The fourth-order valence-electron chi connectivity index (χ4n) is 3.69. The van der Waals surface area contributed by atoms with E-state index in [0.29, 0.717) is 45.1 Å². The number of rotatable bonds is 18. The molecule has 196 valence electrons. The molecular formula is C24H38N4O7. The third-order valence-electron chi connectivity index (χ3n) is 5.69. The van der Waals surface area contributed by atoms with E-state index >= 15 is 0 Å². The Balaban J connectivity index is 2.59. The van der Waals surface area contributed by atoms with Crippen molar-refractivity contribution in [1.82, 2.24) is 15.5 Å². The normalized spacial score (nSPS) is 16.9. The van der Waals surface area contributed by atoms with Crippen molar-refractivity contribution in [1.29, 1.82) is 0 Å². The molecule has 0 aromatic carbocycles. The summed E-state index contributed by atoms with van der Waals surface area (Å²) in [4.78, 5) is 73.3. The average Bonchev–Trinajstić information content (AvgIpc) is 3.13. The number of carbonyl (C=O) groups is 6. The first kappa shape index (κ1) is 28.3. The van der Waals surface area contributed by atoms with Gasteiger partial charge in [0.15, 0.2) is 5.78 Å².